The molecule has 1 aromatic heterocycles. The second-order valence-electron chi connectivity index (χ2n) is 10.2. The van der Waals surface area contributed by atoms with E-state index in [1.54, 1.807) is 12.1 Å². The average Bonchev–Trinajstić information content (AvgIpc) is 3.28. The van der Waals surface area contributed by atoms with E-state index in [2.05, 4.69) is 18.4 Å². The summed E-state index contributed by atoms with van der Waals surface area (Å²) in [6.45, 7) is 5.06. The molecule has 0 amide bonds. The van der Waals surface area contributed by atoms with Crippen LogP contribution >= 0.6 is 0 Å². The van der Waals surface area contributed by atoms with Gasteiger partial charge in [0.2, 0.25) is 0 Å². The summed E-state index contributed by atoms with van der Waals surface area (Å²) >= 11 is 0. The van der Waals surface area contributed by atoms with Crippen LogP contribution in [0.15, 0.2) is 66.7 Å². The fourth-order valence-electron chi connectivity index (χ4n) is 4.99. The van der Waals surface area contributed by atoms with Gasteiger partial charge in [0.25, 0.3) is 0 Å². The minimum absolute atomic E-state index is 0.256. The molecule has 0 spiro atoms. The van der Waals surface area contributed by atoms with Gasteiger partial charge in [0.05, 0.1) is 23.2 Å². The maximum absolute atomic E-state index is 11.5. The Morgan fingerprint density at radius 1 is 0.973 bits per heavy atom. The summed E-state index contributed by atoms with van der Waals surface area (Å²) < 4.78 is 14.3. The molecule has 1 heterocycles. The van der Waals surface area contributed by atoms with Crippen LogP contribution < -0.4 is 9.47 Å². The van der Waals surface area contributed by atoms with Gasteiger partial charge in [-0.2, -0.15) is 0 Å². The molecule has 0 bridgehead atoms. The molecule has 1 aliphatic carbocycles. The number of imidazole rings is 1. The molecule has 0 unspecified atom stereocenters. The first kappa shape index (κ1) is 24.9. The highest BCUT2D eigenvalue weighted by atomic mass is 16.5. The summed E-state index contributed by atoms with van der Waals surface area (Å²) in [5.74, 6) is 2.80. The average molecular weight is 499 g/mol. The quantitative estimate of drug-likeness (QED) is 0.252. The van der Waals surface area contributed by atoms with Gasteiger partial charge in [-0.15, -0.1) is 0 Å². The predicted octanol–water partition coefficient (Wildman–Crippen LogP) is 8.12. The molecule has 3 aromatic carbocycles. The number of ether oxygens (including phenoxy) is 2. The van der Waals surface area contributed by atoms with E-state index in [9.17, 15) is 9.90 Å². The van der Waals surface area contributed by atoms with E-state index >= 15 is 0 Å². The van der Waals surface area contributed by atoms with Crippen LogP contribution in [0.5, 0.6) is 17.2 Å². The number of aromatic nitrogens is 2. The second kappa shape index (κ2) is 11.1. The summed E-state index contributed by atoms with van der Waals surface area (Å²) in [6, 6.07) is 21.3. The van der Waals surface area contributed by atoms with Crippen molar-refractivity contribution in [2.75, 3.05) is 6.61 Å². The van der Waals surface area contributed by atoms with Gasteiger partial charge in [-0.3, -0.25) is 0 Å². The zero-order valence-corrected chi connectivity index (χ0v) is 21.5. The number of hydrogen-bond acceptors (Lipinski definition) is 4. The lowest BCUT2D eigenvalue weighted by Gasteiger charge is -2.25. The van der Waals surface area contributed by atoms with Gasteiger partial charge >= 0.3 is 5.97 Å². The molecule has 6 nitrogen and oxygen atoms in total. The Balaban J connectivity index is 1.40. The van der Waals surface area contributed by atoms with E-state index < -0.39 is 5.97 Å². The Bertz CT molecular complexity index is 1370. The molecule has 0 atom stereocenters. The van der Waals surface area contributed by atoms with Crippen molar-refractivity contribution in [3.05, 3.63) is 72.3 Å². The highest BCUT2D eigenvalue weighted by Gasteiger charge is 2.23. The second-order valence-corrected chi connectivity index (χ2v) is 10.2. The van der Waals surface area contributed by atoms with Crippen molar-refractivity contribution in [2.45, 2.75) is 58.4 Å². The van der Waals surface area contributed by atoms with Crippen molar-refractivity contribution >= 4 is 17.0 Å². The van der Waals surface area contributed by atoms with Crippen LogP contribution in [0.2, 0.25) is 0 Å². The molecule has 0 saturated heterocycles. The van der Waals surface area contributed by atoms with Crippen LogP contribution in [0, 0.1) is 5.92 Å². The van der Waals surface area contributed by atoms with E-state index in [1.807, 2.05) is 54.6 Å². The number of carboxylic acids is 1. The van der Waals surface area contributed by atoms with Crippen molar-refractivity contribution in [3.8, 4) is 28.6 Å². The first-order valence-electron chi connectivity index (χ1n) is 13.2. The lowest BCUT2D eigenvalue weighted by molar-refractivity contribution is 0.0697. The Morgan fingerprint density at radius 2 is 1.73 bits per heavy atom. The highest BCUT2D eigenvalue weighted by molar-refractivity contribution is 5.93. The third-order valence-electron chi connectivity index (χ3n) is 6.99. The largest absolute Gasteiger partial charge is 0.493 e. The smallest absolute Gasteiger partial charge is 0.335 e. The number of benzene rings is 3. The first-order chi connectivity index (χ1) is 18.0. The van der Waals surface area contributed by atoms with Crippen molar-refractivity contribution in [1.82, 2.24) is 9.55 Å². The molecule has 4 aromatic rings. The minimum atomic E-state index is -0.938. The normalized spacial score (nSPS) is 14.2. The first-order valence-corrected chi connectivity index (χ1v) is 13.2. The van der Waals surface area contributed by atoms with Gasteiger partial charge < -0.3 is 19.1 Å². The molecule has 192 valence electrons. The predicted molar refractivity (Wildman–Crippen MR) is 146 cm³/mol. The lowest BCUT2D eigenvalue weighted by atomic mass is 9.95. The molecule has 0 radical (unpaired) electrons. The number of carbonyl (C=O) groups is 1. The van der Waals surface area contributed by atoms with Gasteiger partial charge in [0.1, 0.15) is 23.1 Å². The number of nitrogens with zero attached hydrogens (tertiary/aromatic N) is 2. The van der Waals surface area contributed by atoms with Crippen molar-refractivity contribution in [2.24, 2.45) is 5.92 Å². The third-order valence-corrected chi connectivity index (χ3v) is 6.99. The Morgan fingerprint density at radius 3 is 2.46 bits per heavy atom. The standard InChI is InChI=1S/C31H34N2O4/c1-21(2)17-18-36-26-9-6-10-27(20-26)37-25-14-11-22(12-15-25)30-32-28-19-23(31(34)35)13-16-29(28)33(30)24-7-4-3-5-8-24/h6,9-16,19-21,24H,3-5,7-8,17-18H2,1-2H3,(H,34,35). The maximum atomic E-state index is 11.5. The van der Waals surface area contributed by atoms with Gasteiger partial charge in [-0.05, 0) is 79.8 Å². The molecule has 1 fully saturated rings. The summed E-state index contributed by atoms with van der Waals surface area (Å²) in [5, 5.41) is 9.46. The Kier molecular flexibility index (Phi) is 7.45. The van der Waals surface area contributed by atoms with Gasteiger partial charge in [-0.1, -0.05) is 39.2 Å². The molecular weight excluding hydrogens is 464 g/mol. The Labute approximate surface area is 217 Å². The molecule has 37 heavy (non-hydrogen) atoms. The van der Waals surface area contributed by atoms with Gasteiger partial charge in [0, 0.05) is 17.7 Å². The number of fused-ring (bicyclic) bond motifs is 1. The summed E-state index contributed by atoms with van der Waals surface area (Å²) in [6.07, 6.45) is 6.88. The number of rotatable bonds is 9. The Hall–Kier alpha value is -3.80. The fraction of sp³-hybridized carbons (Fsp3) is 0.355. The molecule has 6 heteroatoms. The summed E-state index contributed by atoms with van der Waals surface area (Å²) in [5.41, 5.74) is 2.94. The highest BCUT2D eigenvalue weighted by Crippen LogP contribution is 2.37. The fourth-order valence-corrected chi connectivity index (χ4v) is 4.99. The molecule has 0 aliphatic heterocycles. The van der Waals surface area contributed by atoms with E-state index in [1.165, 1.54) is 19.3 Å². The molecule has 5 rings (SSSR count). The van der Waals surface area contributed by atoms with E-state index in [0.717, 1.165) is 58.9 Å². The molecule has 1 N–H and O–H groups in total. The zero-order chi connectivity index (χ0) is 25.8. The minimum Gasteiger partial charge on any atom is -0.493 e. The third kappa shape index (κ3) is 5.79. The van der Waals surface area contributed by atoms with Crippen LogP contribution in [0.1, 0.15) is 68.8 Å². The lowest BCUT2D eigenvalue weighted by Crippen LogP contribution is -2.14. The van der Waals surface area contributed by atoms with Crippen LogP contribution in [0.25, 0.3) is 22.4 Å². The van der Waals surface area contributed by atoms with Gasteiger partial charge in [-0.25, -0.2) is 9.78 Å². The number of carboxylic acid groups (broad SMARTS) is 1. The monoisotopic (exact) mass is 498 g/mol. The zero-order valence-electron chi connectivity index (χ0n) is 21.5. The van der Waals surface area contributed by atoms with E-state index in [-0.39, 0.29) is 5.56 Å². The van der Waals surface area contributed by atoms with Crippen LogP contribution in [0.4, 0.5) is 0 Å². The SMILES string of the molecule is CC(C)CCOc1cccc(Oc2ccc(-c3nc4cc(C(=O)O)ccc4n3C3CCCCC3)cc2)c1. The topological polar surface area (TPSA) is 73.6 Å². The molecular formula is C31H34N2O4. The van der Waals surface area contributed by atoms with Crippen LogP contribution in [-0.2, 0) is 0 Å². The van der Waals surface area contributed by atoms with Crippen LogP contribution in [-0.4, -0.2) is 27.2 Å². The number of hydrogen-bond donors (Lipinski definition) is 1. The maximum Gasteiger partial charge on any atom is 0.335 e. The molecule has 1 aliphatic rings. The number of aromatic carboxylic acids is 1. The summed E-state index contributed by atoms with van der Waals surface area (Å²) in [4.78, 5) is 16.4. The summed E-state index contributed by atoms with van der Waals surface area (Å²) in [7, 11) is 0. The van der Waals surface area contributed by atoms with Crippen LogP contribution in [0.3, 0.4) is 0 Å². The van der Waals surface area contributed by atoms with Crippen molar-refractivity contribution in [1.29, 1.82) is 0 Å². The van der Waals surface area contributed by atoms with E-state index in [4.69, 9.17) is 14.5 Å². The van der Waals surface area contributed by atoms with Gasteiger partial charge in [0.15, 0.2) is 0 Å². The van der Waals surface area contributed by atoms with Crippen molar-refractivity contribution < 1.29 is 19.4 Å². The van der Waals surface area contributed by atoms with E-state index in [0.29, 0.717) is 18.6 Å². The van der Waals surface area contributed by atoms with Crippen molar-refractivity contribution in [3.63, 3.8) is 0 Å². The molecule has 1 saturated carbocycles.